The first-order chi connectivity index (χ1) is 10.9. The average molecular weight is 321 g/mol. The third-order valence-corrected chi connectivity index (χ3v) is 4.28. The van der Waals surface area contributed by atoms with Crippen LogP contribution in [0.3, 0.4) is 0 Å². The molecule has 1 aliphatic heterocycles. The fraction of sp³-hybridized carbons (Fsp3) is 0.647. The summed E-state index contributed by atoms with van der Waals surface area (Å²) in [5.74, 6) is 1.53. The highest BCUT2D eigenvalue weighted by Crippen LogP contribution is 2.21. The van der Waals surface area contributed by atoms with Crippen LogP contribution in [-0.4, -0.2) is 67.3 Å². The van der Waals surface area contributed by atoms with Crippen molar-refractivity contribution in [3.05, 3.63) is 23.7 Å². The summed E-state index contributed by atoms with van der Waals surface area (Å²) in [5, 5.41) is 0. The molecule has 0 aromatic carbocycles. The van der Waals surface area contributed by atoms with Crippen molar-refractivity contribution in [1.82, 2.24) is 14.7 Å². The van der Waals surface area contributed by atoms with Crippen molar-refractivity contribution in [1.29, 1.82) is 0 Å². The van der Waals surface area contributed by atoms with Crippen LogP contribution in [0.25, 0.3) is 0 Å². The minimum atomic E-state index is -0.211. The molecule has 1 aliphatic rings. The van der Waals surface area contributed by atoms with Gasteiger partial charge < -0.3 is 19.1 Å². The number of carbonyl (C=O) groups is 2. The molecule has 6 heteroatoms. The highest BCUT2D eigenvalue weighted by atomic mass is 16.3. The number of nitrogens with zero attached hydrogens (tertiary/aromatic N) is 3. The summed E-state index contributed by atoms with van der Waals surface area (Å²) in [7, 11) is 5.76. The molecule has 0 saturated carbocycles. The maximum atomic E-state index is 12.9. The lowest BCUT2D eigenvalue weighted by molar-refractivity contribution is -0.145. The Kier molecular flexibility index (Phi) is 5.82. The van der Waals surface area contributed by atoms with E-state index in [0.29, 0.717) is 26.1 Å². The van der Waals surface area contributed by atoms with E-state index in [4.69, 9.17) is 4.42 Å². The zero-order valence-corrected chi connectivity index (χ0v) is 14.5. The van der Waals surface area contributed by atoms with Crippen molar-refractivity contribution in [2.75, 3.05) is 40.8 Å². The Balaban J connectivity index is 2.05. The number of amides is 2. The van der Waals surface area contributed by atoms with Crippen molar-refractivity contribution in [3.63, 3.8) is 0 Å². The normalized spacial score (nSPS) is 18.6. The van der Waals surface area contributed by atoms with E-state index in [2.05, 4.69) is 0 Å². The number of hydrogen-bond acceptors (Lipinski definition) is 4. The Hall–Kier alpha value is -1.82. The molecule has 1 saturated heterocycles. The predicted molar refractivity (Wildman–Crippen MR) is 87.8 cm³/mol. The fourth-order valence-electron chi connectivity index (χ4n) is 2.76. The molecule has 23 heavy (non-hydrogen) atoms. The van der Waals surface area contributed by atoms with E-state index in [1.807, 2.05) is 43.0 Å². The lowest BCUT2D eigenvalue weighted by atomic mass is 9.95. The number of rotatable bonds is 6. The van der Waals surface area contributed by atoms with Gasteiger partial charge in [-0.2, -0.15) is 0 Å². The van der Waals surface area contributed by atoms with Gasteiger partial charge >= 0.3 is 0 Å². The van der Waals surface area contributed by atoms with E-state index >= 15 is 0 Å². The molecule has 6 nitrogen and oxygen atoms in total. The molecule has 0 N–H and O–H groups in total. The van der Waals surface area contributed by atoms with Crippen LogP contribution in [0.2, 0.25) is 0 Å². The molecule has 1 aromatic heterocycles. The molecule has 0 aliphatic carbocycles. The summed E-state index contributed by atoms with van der Waals surface area (Å²) in [6, 6.07) is 3.81. The molecule has 1 aromatic rings. The predicted octanol–water partition coefficient (Wildman–Crippen LogP) is 1.35. The smallest absolute Gasteiger partial charge is 0.226 e. The monoisotopic (exact) mass is 321 g/mol. The van der Waals surface area contributed by atoms with Gasteiger partial charge in [-0.15, -0.1) is 0 Å². The van der Waals surface area contributed by atoms with Crippen LogP contribution in [0.4, 0.5) is 0 Å². The van der Waals surface area contributed by atoms with E-state index < -0.39 is 0 Å². The Morgan fingerprint density at radius 1 is 1.35 bits per heavy atom. The van der Waals surface area contributed by atoms with Gasteiger partial charge in [0.2, 0.25) is 11.8 Å². The van der Waals surface area contributed by atoms with Crippen LogP contribution in [0.5, 0.6) is 0 Å². The van der Waals surface area contributed by atoms with Crippen LogP contribution in [0, 0.1) is 12.8 Å². The van der Waals surface area contributed by atoms with Gasteiger partial charge in [0.25, 0.3) is 0 Å². The van der Waals surface area contributed by atoms with Gasteiger partial charge in [-0.3, -0.25) is 9.59 Å². The van der Waals surface area contributed by atoms with Gasteiger partial charge in [-0.1, -0.05) is 0 Å². The second-order valence-corrected chi connectivity index (χ2v) is 6.58. The van der Waals surface area contributed by atoms with E-state index in [1.165, 1.54) is 0 Å². The molecular weight excluding hydrogens is 294 g/mol. The van der Waals surface area contributed by atoms with Crippen molar-refractivity contribution >= 4 is 11.8 Å². The first-order valence-corrected chi connectivity index (χ1v) is 8.09. The molecule has 2 rings (SSSR count). The second-order valence-electron chi connectivity index (χ2n) is 6.58. The molecule has 1 atom stereocenters. The van der Waals surface area contributed by atoms with E-state index in [1.54, 1.807) is 11.9 Å². The minimum absolute atomic E-state index is 0.0519. The summed E-state index contributed by atoms with van der Waals surface area (Å²) in [4.78, 5) is 30.3. The Bertz CT molecular complexity index is 553. The maximum absolute atomic E-state index is 12.9. The lowest BCUT2D eigenvalue weighted by Crippen LogP contribution is -2.45. The van der Waals surface area contributed by atoms with Crippen molar-refractivity contribution in [2.45, 2.75) is 26.3 Å². The Morgan fingerprint density at radius 2 is 2.09 bits per heavy atom. The molecular formula is C17H27N3O3. The zero-order chi connectivity index (χ0) is 17.0. The first-order valence-electron chi connectivity index (χ1n) is 8.09. The van der Waals surface area contributed by atoms with Gasteiger partial charge in [0.05, 0.1) is 6.54 Å². The number of carbonyl (C=O) groups excluding carboxylic acids is 2. The molecule has 0 bridgehead atoms. The molecule has 0 spiro atoms. The Morgan fingerprint density at radius 3 is 2.65 bits per heavy atom. The zero-order valence-electron chi connectivity index (χ0n) is 14.5. The number of furan rings is 1. The van der Waals surface area contributed by atoms with Gasteiger partial charge in [-0.25, -0.2) is 0 Å². The maximum Gasteiger partial charge on any atom is 0.226 e. The third kappa shape index (κ3) is 4.82. The van der Waals surface area contributed by atoms with Crippen LogP contribution in [0.1, 0.15) is 24.4 Å². The number of aryl methyl sites for hydroxylation is 1. The SMILES string of the molecule is Cc1ccc(CN(CCN(C)C)C(=O)[C@H]2CCN(C)C(=O)C2)o1. The summed E-state index contributed by atoms with van der Waals surface area (Å²) >= 11 is 0. The van der Waals surface area contributed by atoms with Gasteiger partial charge in [0, 0.05) is 39.0 Å². The number of hydrogen-bond donors (Lipinski definition) is 0. The second kappa shape index (κ2) is 7.64. The van der Waals surface area contributed by atoms with E-state index in [-0.39, 0.29) is 17.7 Å². The van der Waals surface area contributed by atoms with Crippen LogP contribution in [0.15, 0.2) is 16.5 Å². The lowest BCUT2D eigenvalue weighted by Gasteiger charge is -2.32. The largest absolute Gasteiger partial charge is 0.464 e. The summed E-state index contributed by atoms with van der Waals surface area (Å²) in [6.07, 6.45) is 1.04. The van der Waals surface area contributed by atoms with Gasteiger partial charge in [0.1, 0.15) is 11.5 Å². The summed E-state index contributed by atoms with van der Waals surface area (Å²) < 4.78 is 5.61. The molecule has 0 radical (unpaired) electrons. The minimum Gasteiger partial charge on any atom is -0.464 e. The molecule has 128 valence electrons. The Labute approximate surface area is 138 Å². The fourth-order valence-corrected chi connectivity index (χ4v) is 2.76. The summed E-state index contributed by atoms with van der Waals surface area (Å²) in [6.45, 7) is 4.42. The van der Waals surface area contributed by atoms with Gasteiger partial charge in [0.15, 0.2) is 0 Å². The topological polar surface area (TPSA) is 57.0 Å². The van der Waals surface area contributed by atoms with Crippen molar-refractivity contribution in [3.8, 4) is 0 Å². The van der Waals surface area contributed by atoms with E-state index in [0.717, 1.165) is 24.5 Å². The average Bonchev–Trinajstić information content (AvgIpc) is 2.90. The molecule has 1 fully saturated rings. The van der Waals surface area contributed by atoms with Crippen LogP contribution < -0.4 is 0 Å². The number of likely N-dealkylation sites (tertiary alicyclic amines) is 1. The quantitative estimate of drug-likeness (QED) is 0.793. The molecule has 0 unspecified atom stereocenters. The van der Waals surface area contributed by atoms with Crippen LogP contribution in [-0.2, 0) is 16.1 Å². The number of piperidine rings is 1. The van der Waals surface area contributed by atoms with Crippen molar-refractivity contribution < 1.29 is 14.0 Å². The molecule has 2 heterocycles. The highest BCUT2D eigenvalue weighted by molar-refractivity contribution is 5.86. The number of likely N-dealkylation sites (N-methyl/N-ethyl adjacent to an activating group) is 1. The van der Waals surface area contributed by atoms with Crippen LogP contribution >= 0.6 is 0 Å². The standard InChI is InChI=1S/C17H27N3O3/c1-13-5-6-15(23-13)12-20(10-9-18(2)3)17(22)14-7-8-19(4)16(21)11-14/h5-6,14H,7-12H2,1-4H3/t14-/m0/s1. The van der Waals surface area contributed by atoms with E-state index in [9.17, 15) is 9.59 Å². The highest BCUT2D eigenvalue weighted by Gasteiger charge is 2.31. The first kappa shape index (κ1) is 17.5. The third-order valence-electron chi connectivity index (χ3n) is 4.28. The summed E-state index contributed by atoms with van der Waals surface area (Å²) in [5.41, 5.74) is 0. The van der Waals surface area contributed by atoms with Gasteiger partial charge in [-0.05, 0) is 39.6 Å². The van der Waals surface area contributed by atoms with Crippen molar-refractivity contribution in [2.24, 2.45) is 5.92 Å². The molecule has 2 amide bonds.